The van der Waals surface area contributed by atoms with Gasteiger partial charge in [-0.3, -0.25) is 15.0 Å². The standard InChI is InChI=1S/C17H16N2O6S2/c20-17(11-7-13-14(8-11)25-10-24-13)19(21)9-27(22,23)16-5-4-15(26-16)12-3-1-2-6-18-12/h1-7,13-14,21H,8-10H2. The lowest BCUT2D eigenvalue weighted by atomic mass is 10.2. The van der Waals surface area contributed by atoms with Gasteiger partial charge in [0.25, 0.3) is 5.91 Å². The second kappa shape index (κ2) is 7.13. The summed E-state index contributed by atoms with van der Waals surface area (Å²) in [6, 6.07) is 8.45. The maximum absolute atomic E-state index is 12.6. The lowest BCUT2D eigenvalue weighted by Crippen LogP contribution is -2.33. The minimum absolute atomic E-state index is 0.0546. The fraction of sp³-hybridized carbons (Fsp3) is 0.294. The number of carbonyl (C=O) groups is 1. The molecule has 0 radical (unpaired) electrons. The van der Waals surface area contributed by atoms with Crippen molar-refractivity contribution in [3.05, 3.63) is 48.2 Å². The maximum atomic E-state index is 12.6. The lowest BCUT2D eigenvalue weighted by molar-refractivity contribution is -0.156. The number of ether oxygens (including phenoxy) is 2. The SMILES string of the molecule is O=C(C1=CC2OCOC2C1)N(O)CS(=O)(=O)c1ccc(-c2ccccn2)s1. The Balaban J connectivity index is 1.47. The topological polar surface area (TPSA) is 106 Å². The molecule has 1 saturated heterocycles. The Labute approximate surface area is 159 Å². The van der Waals surface area contributed by atoms with Gasteiger partial charge in [-0.1, -0.05) is 6.07 Å². The van der Waals surface area contributed by atoms with Crippen LogP contribution in [0.2, 0.25) is 0 Å². The highest BCUT2D eigenvalue weighted by molar-refractivity contribution is 7.93. The highest BCUT2D eigenvalue weighted by Gasteiger charge is 2.38. The van der Waals surface area contributed by atoms with Crippen molar-refractivity contribution in [3.8, 4) is 10.6 Å². The van der Waals surface area contributed by atoms with E-state index in [0.29, 0.717) is 10.6 Å². The molecule has 0 aromatic carbocycles. The van der Waals surface area contributed by atoms with Gasteiger partial charge in [-0.05, 0) is 30.3 Å². The van der Waals surface area contributed by atoms with Gasteiger partial charge in [0.05, 0.1) is 16.7 Å². The van der Waals surface area contributed by atoms with Crippen molar-refractivity contribution in [2.45, 2.75) is 22.8 Å². The molecule has 10 heteroatoms. The van der Waals surface area contributed by atoms with Gasteiger partial charge in [-0.25, -0.2) is 13.5 Å². The number of sulfone groups is 1. The number of hydrogen-bond acceptors (Lipinski definition) is 8. The normalized spacial score (nSPS) is 21.7. The van der Waals surface area contributed by atoms with Crippen molar-refractivity contribution in [2.24, 2.45) is 0 Å². The smallest absolute Gasteiger partial charge is 0.274 e. The molecule has 27 heavy (non-hydrogen) atoms. The van der Waals surface area contributed by atoms with E-state index in [-0.39, 0.29) is 40.3 Å². The number of nitrogens with zero attached hydrogens (tertiary/aromatic N) is 2. The highest BCUT2D eigenvalue weighted by atomic mass is 32.2. The molecule has 4 rings (SSSR count). The van der Waals surface area contributed by atoms with Crippen LogP contribution in [0.5, 0.6) is 0 Å². The van der Waals surface area contributed by atoms with Gasteiger partial charge < -0.3 is 9.47 Å². The molecular weight excluding hydrogens is 392 g/mol. The first kappa shape index (κ1) is 18.3. The zero-order chi connectivity index (χ0) is 19.0. The molecule has 2 atom stereocenters. The van der Waals surface area contributed by atoms with Crippen molar-refractivity contribution < 1.29 is 27.9 Å². The second-order valence-corrected chi connectivity index (χ2v) is 9.40. The zero-order valence-corrected chi connectivity index (χ0v) is 15.6. The Hall–Kier alpha value is -2.11. The van der Waals surface area contributed by atoms with E-state index >= 15 is 0 Å². The van der Waals surface area contributed by atoms with E-state index in [4.69, 9.17) is 9.47 Å². The van der Waals surface area contributed by atoms with Crippen LogP contribution >= 0.6 is 11.3 Å². The Kier molecular flexibility index (Phi) is 4.82. The number of carbonyl (C=O) groups excluding carboxylic acids is 1. The average Bonchev–Trinajstić information content (AvgIpc) is 3.37. The minimum atomic E-state index is -3.88. The van der Waals surface area contributed by atoms with Gasteiger partial charge in [0.2, 0.25) is 9.84 Å². The van der Waals surface area contributed by atoms with E-state index in [9.17, 15) is 18.4 Å². The Morgan fingerprint density at radius 1 is 1.30 bits per heavy atom. The van der Waals surface area contributed by atoms with Gasteiger partial charge in [-0.2, -0.15) is 0 Å². The van der Waals surface area contributed by atoms with Crippen molar-refractivity contribution in [1.29, 1.82) is 0 Å². The molecule has 0 saturated carbocycles. The van der Waals surface area contributed by atoms with Crippen molar-refractivity contribution in [2.75, 3.05) is 12.7 Å². The lowest BCUT2D eigenvalue weighted by Gasteiger charge is -2.15. The van der Waals surface area contributed by atoms with Crippen molar-refractivity contribution >= 4 is 27.1 Å². The average molecular weight is 408 g/mol. The summed E-state index contributed by atoms with van der Waals surface area (Å²) in [6.45, 7) is 0.168. The number of rotatable bonds is 5. The van der Waals surface area contributed by atoms with E-state index in [1.807, 2.05) is 6.07 Å². The van der Waals surface area contributed by atoms with Crippen LogP contribution < -0.4 is 0 Å². The number of amides is 1. The molecule has 0 spiro atoms. The molecule has 142 valence electrons. The van der Waals surface area contributed by atoms with Crippen LogP contribution in [0.15, 0.2) is 52.4 Å². The number of thiophene rings is 1. The van der Waals surface area contributed by atoms with E-state index in [2.05, 4.69) is 4.98 Å². The zero-order valence-electron chi connectivity index (χ0n) is 14.0. The van der Waals surface area contributed by atoms with Crippen molar-refractivity contribution in [3.63, 3.8) is 0 Å². The van der Waals surface area contributed by atoms with Crippen LogP contribution in [0.1, 0.15) is 6.42 Å². The molecule has 1 amide bonds. The Bertz CT molecular complexity index is 986. The highest BCUT2D eigenvalue weighted by Crippen LogP contribution is 2.32. The second-order valence-electron chi connectivity index (χ2n) is 6.13. The Morgan fingerprint density at radius 2 is 2.15 bits per heavy atom. The third kappa shape index (κ3) is 3.66. The summed E-state index contributed by atoms with van der Waals surface area (Å²) in [4.78, 5) is 17.2. The third-order valence-electron chi connectivity index (χ3n) is 4.30. The quantitative estimate of drug-likeness (QED) is 0.594. The van der Waals surface area contributed by atoms with Crippen molar-refractivity contribution in [1.82, 2.24) is 10.0 Å². The first-order valence-corrected chi connectivity index (χ1v) is 10.6. The summed E-state index contributed by atoms with van der Waals surface area (Å²) < 4.78 is 35.8. The number of hydrogen-bond donors (Lipinski definition) is 1. The predicted molar refractivity (Wildman–Crippen MR) is 95.5 cm³/mol. The molecule has 3 heterocycles. The third-order valence-corrected chi connectivity index (χ3v) is 7.55. The van der Waals surface area contributed by atoms with Gasteiger partial charge in [0.1, 0.15) is 17.1 Å². The summed E-state index contributed by atoms with van der Waals surface area (Å²) >= 11 is 1.04. The summed E-state index contributed by atoms with van der Waals surface area (Å²) in [5.74, 6) is -1.59. The number of pyridine rings is 1. The minimum Gasteiger partial charge on any atom is -0.349 e. The molecular formula is C17H16N2O6S2. The molecule has 1 fully saturated rings. The summed E-state index contributed by atoms with van der Waals surface area (Å²) in [5.41, 5.74) is 0.936. The molecule has 2 aromatic rings. The fourth-order valence-corrected chi connectivity index (χ4v) is 5.45. The van der Waals surface area contributed by atoms with Crippen LogP contribution in [0, 0.1) is 0 Å². The molecule has 2 aliphatic rings. The van der Waals surface area contributed by atoms with Crippen LogP contribution in [0.3, 0.4) is 0 Å². The van der Waals surface area contributed by atoms with Crippen LogP contribution in [0.4, 0.5) is 0 Å². The van der Waals surface area contributed by atoms with Crippen LogP contribution in [-0.2, 0) is 24.1 Å². The largest absolute Gasteiger partial charge is 0.349 e. The Morgan fingerprint density at radius 3 is 2.89 bits per heavy atom. The van der Waals surface area contributed by atoms with Gasteiger partial charge in [-0.15, -0.1) is 11.3 Å². The van der Waals surface area contributed by atoms with E-state index in [0.717, 1.165) is 11.3 Å². The maximum Gasteiger partial charge on any atom is 0.274 e. The fourth-order valence-electron chi connectivity index (χ4n) is 2.96. The molecule has 8 nitrogen and oxygen atoms in total. The number of hydroxylamine groups is 2. The van der Waals surface area contributed by atoms with E-state index in [1.54, 1.807) is 30.5 Å². The summed E-state index contributed by atoms with van der Waals surface area (Å²) in [6.07, 6.45) is 2.89. The number of aromatic nitrogens is 1. The molecule has 1 aliphatic carbocycles. The molecule has 2 aromatic heterocycles. The molecule has 1 aliphatic heterocycles. The van der Waals surface area contributed by atoms with Crippen LogP contribution in [0.25, 0.3) is 10.6 Å². The van der Waals surface area contributed by atoms with Gasteiger partial charge in [0.15, 0.2) is 5.88 Å². The monoisotopic (exact) mass is 408 g/mol. The first-order valence-electron chi connectivity index (χ1n) is 8.13. The summed E-state index contributed by atoms with van der Waals surface area (Å²) in [7, 11) is -3.88. The first-order chi connectivity index (χ1) is 12.9. The molecule has 0 bridgehead atoms. The van der Waals surface area contributed by atoms with Crippen LogP contribution in [-0.4, -0.2) is 54.5 Å². The van der Waals surface area contributed by atoms with E-state index in [1.165, 1.54) is 6.07 Å². The number of fused-ring (bicyclic) bond motifs is 1. The van der Waals surface area contributed by atoms with Gasteiger partial charge >= 0.3 is 0 Å². The molecule has 2 unspecified atom stereocenters. The van der Waals surface area contributed by atoms with Gasteiger partial charge in [0, 0.05) is 18.2 Å². The molecule has 1 N–H and O–H groups in total. The summed E-state index contributed by atoms with van der Waals surface area (Å²) in [5, 5.41) is 10.3. The van der Waals surface area contributed by atoms with E-state index < -0.39 is 21.6 Å². The predicted octanol–water partition coefficient (Wildman–Crippen LogP) is 1.83.